The minimum atomic E-state index is -0.0860. The van der Waals surface area contributed by atoms with Crippen molar-refractivity contribution in [3.8, 4) is 5.75 Å². The Morgan fingerprint density at radius 1 is 1.45 bits per heavy atom. The minimum absolute atomic E-state index is 0.0860. The monoisotopic (exact) mass is 280 g/mol. The number of rotatable bonds is 9. The van der Waals surface area contributed by atoms with Crippen LogP contribution in [0.2, 0.25) is 0 Å². The second-order valence-electron chi connectivity index (χ2n) is 4.70. The minimum Gasteiger partial charge on any atom is -0.497 e. The zero-order valence-electron chi connectivity index (χ0n) is 12.2. The molecular weight excluding hydrogens is 256 g/mol. The van der Waals surface area contributed by atoms with Crippen molar-refractivity contribution >= 4 is 11.6 Å². The molecule has 0 aliphatic rings. The van der Waals surface area contributed by atoms with Crippen molar-refractivity contribution in [3.05, 3.63) is 24.3 Å². The summed E-state index contributed by atoms with van der Waals surface area (Å²) in [6.07, 6.45) is 1.76. The van der Waals surface area contributed by atoms with Gasteiger partial charge in [0.1, 0.15) is 5.75 Å². The summed E-state index contributed by atoms with van der Waals surface area (Å²) in [4.78, 5) is 11.8. The lowest BCUT2D eigenvalue weighted by Crippen LogP contribution is -2.32. The van der Waals surface area contributed by atoms with Gasteiger partial charge in [-0.05, 0) is 31.0 Å². The number of ether oxygens (including phenoxy) is 1. The highest BCUT2D eigenvalue weighted by Crippen LogP contribution is 2.16. The van der Waals surface area contributed by atoms with Gasteiger partial charge >= 0.3 is 0 Å². The number of anilines is 1. The predicted molar refractivity (Wildman–Crippen MR) is 80.0 cm³/mol. The Hall–Kier alpha value is -1.59. The molecule has 5 nitrogen and oxygen atoms in total. The Morgan fingerprint density at radius 3 is 2.90 bits per heavy atom. The molecule has 0 saturated heterocycles. The van der Waals surface area contributed by atoms with Crippen LogP contribution < -0.4 is 15.4 Å². The van der Waals surface area contributed by atoms with E-state index in [9.17, 15) is 4.79 Å². The van der Waals surface area contributed by atoms with Crippen LogP contribution in [0.4, 0.5) is 5.69 Å². The van der Waals surface area contributed by atoms with Gasteiger partial charge in [0.25, 0.3) is 0 Å². The van der Waals surface area contributed by atoms with E-state index in [1.165, 1.54) is 0 Å². The van der Waals surface area contributed by atoms with Gasteiger partial charge in [0.2, 0.25) is 5.91 Å². The Labute approximate surface area is 120 Å². The van der Waals surface area contributed by atoms with Crippen LogP contribution in [0.5, 0.6) is 5.75 Å². The molecule has 0 aliphatic heterocycles. The van der Waals surface area contributed by atoms with Crippen molar-refractivity contribution in [2.24, 2.45) is 5.92 Å². The second-order valence-corrected chi connectivity index (χ2v) is 4.70. The number of hydrogen-bond acceptors (Lipinski definition) is 4. The number of carbonyl (C=O) groups excluding carboxylic acids is 1. The smallest absolute Gasteiger partial charge is 0.238 e. The van der Waals surface area contributed by atoms with Gasteiger partial charge in [-0.2, -0.15) is 0 Å². The lowest BCUT2D eigenvalue weighted by Gasteiger charge is -2.14. The number of hydrogen-bond donors (Lipinski definition) is 3. The van der Waals surface area contributed by atoms with Crippen LogP contribution >= 0.6 is 0 Å². The highest BCUT2D eigenvalue weighted by Gasteiger charge is 2.07. The molecule has 0 saturated carbocycles. The topological polar surface area (TPSA) is 70.6 Å². The number of aliphatic hydroxyl groups excluding tert-OH is 1. The van der Waals surface area contributed by atoms with Gasteiger partial charge < -0.3 is 20.5 Å². The van der Waals surface area contributed by atoms with Crippen LogP contribution in [-0.2, 0) is 4.79 Å². The first-order valence-electron chi connectivity index (χ1n) is 6.95. The highest BCUT2D eigenvalue weighted by molar-refractivity contribution is 5.92. The molecule has 3 N–H and O–H groups in total. The molecule has 112 valence electrons. The largest absolute Gasteiger partial charge is 0.497 e. The molecule has 0 radical (unpaired) electrons. The van der Waals surface area contributed by atoms with E-state index < -0.39 is 0 Å². The van der Waals surface area contributed by atoms with Crippen LogP contribution in [0, 0.1) is 5.92 Å². The number of nitrogens with one attached hydrogen (secondary N) is 2. The van der Waals surface area contributed by atoms with Gasteiger partial charge in [0, 0.05) is 18.4 Å². The summed E-state index contributed by atoms with van der Waals surface area (Å²) >= 11 is 0. The molecular formula is C15H24N2O3. The molecule has 1 unspecified atom stereocenters. The van der Waals surface area contributed by atoms with Crippen molar-refractivity contribution in [1.82, 2.24) is 5.32 Å². The van der Waals surface area contributed by atoms with Gasteiger partial charge in [0.05, 0.1) is 13.7 Å². The van der Waals surface area contributed by atoms with Crippen molar-refractivity contribution in [2.45, 2.75) is 19.8 Å². The Morgan fingerprint density at radius 2 is 2.25 bits per heavy atom. The van der Waals surface area contributed by atoms with E-state index in [1.807, 2.05) is 18.2 Å². The maximum Gasteiger partial charge on any atom is 0.238 e. The predicted octanol–water partition coefficient (Wildman–Crippen LogP) is 1.63. The van der Waals surface area contributed by atoms with Crippen LogP contribution in [0.25, 0.3) is 0 Å². The SMILES string of the molecule is CCC(CCO)CNCC(=O)Nc1cccc(OC)c1. The summed E-state index contributed by atoms with van der Waals surface area (Å²) in [5.74, 6) is 1.03. The number of aliphatic hydroxyl groups is 1. The summed E-state index contributed by atoms with van der Waals surface area (Å²) in [6, 6.07) is 7.25. The molecule has 0 fully saturated rings. The average Bonchev–Trinajstić information content (AvgIpc) is 2.46. The molecule has 1 rings (SSSR count). The van der Waals surface area contributed by atoms with Gasteiger partial charge in [-0.15, -0.1) is 0 Å². The van der Waals surface area contributed by atoms with Crippen LogP contribution in [-0.4, -0.2) is 37.8 Å². The first-order valence-corrected chi connectivity index (χ1v) is 6.95. The average molecular weight is 280 g/mol. The van der Waals surface area contributed by atoms with Crippen LogP contribution in [0.1, 0.15) is 19.8 Å². The van der Waals surface area contributed by atoms with Crippen LogP contribution in [0.15, 0.2) is 24.3 Å². The lowest BCUT2D eigenvalue weighted by molar-refractivity contribution is -0.115. The quantitative estimate of drug-likeness (QED) is 0.643. The van der Waals surface area contributed by atoms with E-state index in [0.29, 0.717) is 11.7 Å². The molecule has 1 aromatic carbocycles. The zero-order valence-corrected chi connectivity index (χ0v) is 12.2. The fraction of sp³-hybridized carbons (Fsp3) is 0.533. The molecule has 0 aromatic heterocycles. The molecule has 0 heterocycles. The van der Waals surface area contributed by atoms with E-state index >= 15 is 0 Å². The van der Waals surface area contributed by atoms with Gasteiger partial charge in [0.15, 0.2) is 0 Å². The van der Waals surface area contributed by atoms with E-state index in [1.54, 1.807) is 13.2 Å². The molecule has 0 spiro atoms. The molecule has 1 atom stereocenters. The number of amides is 1. The van der Waals surface area contributed by atoms with Gasteiger partial charge in [-0.25, -0.2) is 0 Å². The van der Waals surface area contributed by atoms with Gasteiger partial charge in [-0.3, -0.25) is 4.79 Å². The third-order valence-corrected chi connectivity index (χ3v) is 3.19. The summed E-state index contributed by atoms with van der Waals surface area (Å²) < 4.78 is 5.10. The molecule has 20 heavy (non-hydrogen) atoms. The summed E-state index contributed by atoms with van der Waals surface area (Å²) in [5.41, 5.74) is 0.721. The van der Waals surface area contributed by atoms with Crippen molar-refractivity contribution in [2.75, 3.05) is 32.1 Å². The first kappa shape index (κ1) is 16.5. The van der Waals surface area contributed by atoms with Crippen molar-refractivity contribution in [1.29, 1.82) is 0 Å². The van der Waals surface area contributed by atoms with E-state index in [4.69, 9.17) is 9.84 Å². The lowest BCUT2D eigenvalue weighted by atomic mass is 10.0. The molecule has 5 heteroatoms. The van der Waals surface area contributed by atoms with E-state index in [0.717, 1.165) is 25.1 Å². The summed E-state index contributed by atoms with van der Waals surface area (Å²) in [7, 11) is 1.59. The fourth-order valence-electron chi connectivity index (χ4n) is 1.93. The zero-order chi connectivity index (χ0) is 14.8. The van der Waals surface area contributed by atoms with Gasteiger partial charge in [-0.1, -0.05) is 19.4 Å². The first-order chi connectivity index (χ1) is 9.69. The molecule has 0 aliphatic carbocycles. The maximum absolute atomic E-state index is 11.8. The Kier molecular flexibility index (Phi) is 7.69. The molecule has 0 bridgehead atoms. The van der Waals surface area contributed by atoms with Crippen molar-refractivity contribution in [3.63, 3.8) is 0 Å². The van der Waals surface area contributed by atoms with E-state index in [-0.39, 0.29) is 19.1 Å². The number of methoxy groups -OCH3 is 1. The molecule has 1 amide bonds. The number of benzene rings is 1. The highest BCUT2D eigenvalue weighted by atomic mass is 16.5. The Bertz CT molecular complexity index is 410. The summed E-state index contributed by atoms with van der Waals surface area (Å²) in [5, 5.41) is 14.8. The third kappa shape index (κ3) is 6.04. The standard InChI is InChI=1S/C15H24N2O3/c1-3-12(7-8-18)10-16-11-15(19)17-13-5-4-6-14(9-13)20-2/h4-6,9,12,16,18H,3,7-8,10-11H2,1-2H3,(H,17,19). The fourth-order valence-corrected chi connectivity index (χ4v) is 1.93. The van der Waals surface area contributed by atoms with Crippen molar-refractivity contribution < 1.29 is 14.6 Å². The van der Waals surface area contributed by atoms with Crippen LogP contribution in [0.3, 0.4) is 0 Å². The summed E-state index contributed by atoms with van der Waals surface area (Å²) in [6.45, 7) is 3.27. The number of carbonyl (C=O) groups is 1. The second kappa shape index (κ2) is 9.34. The maximum atomic E-state index is 11.8. The van der Waals surface area contributed by atoms with E-state index in [2.05, 4.69) is 17.6 Å². The third-order valence-electron chi connectivity index (χ3n) is 3.19. The molecule has 1 aromatic rings. The Balaban J connectivity index is 2.32. The normalized spacial score (nSPS) is 11.9.